The third-order valence-electron chi connectivity index (χ3n) is 2.91. The molecular weight excluding hydrogens is 244 g/mol. The number of hydrogen-bond donors (Lipinski definition) is 2. The van der Waals surface area contributed by atoms with Crippen molar-refractivity contribution in [2.24, 2.45) is 5.73 Å². The minimum absolute atomic E-state index is 0.157. The molecule has 0 aliphatic carbocycles. The number of primary amides is 1. The van der Waals surface area contributed by atoms with E-state index in [0.29, 0.717) is 13.0 Å². The fourth-order valence-electron chi connectivity index (χ4n) is 2.16. The minimum Gasteiger partial charge on any atom is -0.466 e. The van der Waals surface area contributed by atoms with Gasteiger partial charge in [0.25, 0.3) is 0 Å². The van der Waals surface area contributed by atoms with Crippen molar-refractivity contribution in [1.82, 2.24) is 4.98 Å². The van der Waals surface area contributed by atoms with Gasteiger partial charge in [0.15, 0.2) is 0 Å². The summed E-state index contributed by atoms with van der Waals surface area (Å²) in [5, 5.41) is 1.03. The Labute approximate surface area is 110 Å². The second-order valence-corrected chi connectivity index (χ2v) is 4.36. The van der Waals surface area contributed by atoms with Gasteiger partial charge in [-0.15, -0.1) is 0 Å². The van der Waals surface area contributed by atoms with Gasteiger partial charge in [-0.2, -0.15) is 0 Å². The van der Waals surface area contributed by atoms with Crippen LogP contribution in [0.4, 0.5) is 0 Å². The maximum Gasteiger partial charge on any atom is 0.302 e. The summed E-state index contributed by atoms with van der Waals surface area (Å²) < 4.78 is 4.96. The summed E-state index contributed by atoms with van der Waals surface area (Å²) in [5.74, 6) is -0.698. The van der Waals surface area contributed by atoms with Crippen molar-refractivity contribution < 1.29 is 14.3 Å². The first-order valence-electron chi connectivity index (χ1n) is 6.08. The predicted octanol–water partition coefficient (Wildman–Crippen LogP) is 1.30. The zero-order chi connectivity index (χ0) is 13.8. The van der Waals surface area contributed by atoms with Crippen molar-refractivity contribution in [3.8, 4) is 0 Å². The number of amides is 1. The van der Waals surface area contributed by atoms with Crippen LogP contribution < -0.4 is 5.73 Å². The molecule has 1 aromatic heterocycles. The second-order valence-electron chi connectivity index (χ2n) is 4.36. The average molecular weight is 260 g/mol. The Morgan fingerprint density at radius 2 is 2.05 bits per heavy atom. The third-order valence-corrected chi connectivity index (χ3v) is 2.91. The fourth-order valence-corrected chi connectivity index (χ4v) is 2.16. The molecule has 0 bridgehead atoms. The van der Waals surface area contributed by atoms with Crippen LogP contribution in [0.1, 0.15) is 18.2 Å². The third kappa shape index (κ3) is 3.13. The van der Waals surface area contributed by atoms with Gasteiger partial charge in [0.2, 0.25) is 5.91 Å². The number of esters is 1. The van der Waals surface area contributed by atoms with E-state index in [-0.39, 0.29) is 18.3 Å². The lowest BCUT2D eigenvalue weighted by atomic mass is 10.1. The first-order valence-corrected chi connectivity index (χ1v) is 6.08. The second kappa shape index (κ2) is 5.56. The number of nitrogens with two attached hydrogens (primary N) is 1. The van der Waals surface area contributed by atoms with Crippen LogP contribution in [0.25, 0.3) is 10.9 Å². The van der Waals surface area contributed by atoms with Gasteiger partial charge >= 0.3 is 5.97 Å². The quantitative estimate of drug-likeness (QED) is 0.795. The van der Waals surface area contributed by atoms with Gasteiger partial charge in [0, 0.05) is 29.9 Å². The summed E-state index contributed by atoms with van der Waals surface area (Å²) in [5.41, 5.74) is 7.98. The van der Waals surface area contributed by atoms with Gasteiger partial charge in [0.05, 0.1) is 13.0 Å². The van der Waals surface area contributed by atoms with E-state index in [0.717, 1.165) is 22.2 Å². The summed E-state index contributed by atoms with van der Waals surface area (Å²) in [6, 6.07) is 7.76. The Morgan fingerprint density at radius 3 is 2.74 bits per heavy atom. The van der Waals surface area contributed by atoms with Crippen LogP contribution in [0.3, 0.4) is 0 Å². The molecule has 2 rings (SSSR count). The molecule has 1 aromatic carbocycles. The number of ether oxygens (including phenoxy) is 1. The van der Waals surface area contributed by atoms with E-state index in [1.165, 1.54) is 6.92 Å². The molecule has 5 heteroatoms. The van der Waals surface area contributed by atoms with Gasteiger partial charge in [0.1, 0.15) is 0 Å². The molecule has 0 radical (unpaired) electrons. The number of carbonyl (C=O) groups excluding carboxylic acids is 2. The number of H-pyrrole nitrogens is 1. The Morgan fingerprint density at radius 1 is 1.32 bits per heavy atom. The van der Waals surface area contributed by atoms with Crippen molar-refractivity contribution in [3.63, 3.8) is 0 Å². The van der Waals surface area contributed by atoms with E-state index < -0.39 is 0 Å². The lowest BCUT2D eigenvalue weighted by Crippen LogP contribution is -2.15. The molecule has 0 aliphatic rings. The number of aromatic amines is 1. The summed E-state index contributed by atoms with van der Waals surface area (Å²) in [6.45, 7) is 1.67. The van der Waals surface area contributed by atoms with Gasteiger partial charge in [-0.05, 0) is 11.6 Å². The molecule has 0 saturated heterocycles. The summed E-state index contributed by atoms with van der Waals surface area (Å²) in [7, 11) is 0. The van der Waals surface area contributed by atoms with Crippen LogP contribution in [0.15, 0.2) is 24.3 Å². The highest BCUT2D eigenvalue weighted by atomic mass is 16.5. The SMILES string of the molecule is CC(=O)OCCc1c(CC(N)=O)[nH]c2ccccc12. The highest BCUT2D eigenvalue weighted by Crippen LogP contribution is 2.23. The smallest absolute Gasteiger partial charge is 0.302 e. The molecule has 0 saturated carbocycles. The Balaban J connectivity index is 2.31. The topological polar surface area (TPSA) is 85.2 Å². The van der Waals surface area contributed by atoms with Gasteiger partial charge < -0.3 is 15.5 Å². The fraction of sp³-hybridized carbons (Fsp3) is 0.286. The van der Waals surface area contributed by atoms with Gasteiger partial charge in [-0.3, -0.25) is 9.59 Å². The number of nitrogens with one attached hydrogen (secondary N) is 1. The van der Waals surface area contributed by atoms with Gasteiger partial charge in [-0.1, -0.05) is 18.2 Å². The molecule has 0 aliphatic heterocycles. The van der Waals surface area contributed by atoms with Crippen LogP contribution in [0.5, 0.6) is 0 Å². The molecule has 100 valence electrons. The van der Waals surface area contributed by atoms with E-state index >= 15 is 0 Å². The van der Waals surface area contributed by atoms with Crippen LogP contribution in [-0.4, -0.2) is 23.5 Å². The Hall–Kier alpha value is -2.30. The zero-order valence-electron chi connectivity index (χ0n) is 10.7. The number of carbonyl (C=O) groups is 2. The lowest BCUT2D eigenvalue weighted by molar-refractivity contribution is -0.140. The lowest BCUT2D eigenvalue weighted by Gasteiger charge is -2.04. The highest BCUT2D eigenvalue weighted by Gasteiger charge is 2.13. The first kappa shape index (κ1) is 13.1. The largest absolute Gasteiger partial charge is 0.466 e. The number of benzene rings is 1. The summed E-state index contributed by atoms with van der Waals surface area (Å²) in [4.78, 5) is 25.1. The molecule has 3 N–H and O–H groups in total. The molecule has 2 aromatic rings. The summed E-state index contributed by atoms with van der Waals surface area (Å²) >= 11 is 0. The van der Waals surface area contributed by atoms with Crippen LogP contribution in [0.2, 0.25) is 0 Å². The molecular formula is C14H16N2O3. The maximum absolute atomic E-state index is 11.1. The maximum atomic E-state index is 11.1. The highest BCUT2D eigenvalue weighted by molar-refractivity contribution is 5.87. The zero-order valence-corrected chi connectivity index (χ0v) is 10.7. The number of para-hydroxylation sites is 1. The molecule has 1 amide bonds. The van der Waals surface area contributed by atoms with Crippen LogP contribution in [-0.2, 0) is 27.2 Å². The Kier molecular flexibility index (Phi) is 3.85. The van der Waals surface area contributed by atoms with Crippen molar-refractivity contribution in [3.05, 3.63) is 35.5 Å². The van der Waals surface area contributed by atoms with Crippen LogP contribution in [0, 0.1) is 0 Å². The monoisotopic (exact) mass is 260 g/mol. The van der Waals surface area contributed by atoms with E-state index in [4.69, 9.17) is 10.5 Å². The molecule has 19 heavy (non-hydrogen) atoms. The van der Waals surface area contributed by atoms with Gasteiger partial charge in [-0.25, -0.2) is 0 Å². The summed E-state index contributed by atoms with van der Waals surface area (Å²) in [6.07, 6.45) is 0.719. The standard InChI is InChI=1S/C14H16N2O3/c1-9(17)19-7-6-11-10-4-2-3-5-12(10)16-13(11)8-14(15)18/h2-5,16H,6-8H2,1H3,(H2,15,18). The first-order chi connectivity index (χ1) is 9.08. The van der Waals surface area contributed by atoms with Crippen LogP contribution >= 0.6 is 0 Å². The number of fused-ring (bicyclic) bond motifs is 1. The van der Waals surface area contributed by atoms with E-state index in [9.17, 15) is 9.59 Å². The normalized spacial score (nSPS) is 10.6. The Bertz CT molecular complexity index is 616. The number of aromatic nitrogens is 1. The van der Waals surface area contributed by atoms with Crippen molar-refractivity contribution in [1.29, 1.82) is 0 Å². The van der Waals surface area contributed by atoms with E-state index in [1.807, 2.05) is 24.3 Å². The van der Waals surface area contributed by atoms with E-state index in [2.05, 4.69) is 4.98 Å². The number of rotatable bonds is 5. The predicted molar refractivity (Wildman–Crippen MR) is 71.5 cm³/mol. The molecule has 1 heterocycles. The van der Waals surface area contributed by atoms with Crippen molar-refractivity contribution >= 4 is 22.8 Å². The van der Waals surface area contributed by atoms with E-state index in [1.54, 1.807) is 0 Å². The minimum atomic E-state index is -0.389. The molecule has 0 fully saturated rings. The molecule has 5 nitrogen and oxygen atoms in total. The average Bonchev–Trinajstić information content (AvgIpc) is 2.66. The van der Waals surface area contributed by atoms with Crippen molar-refractivity contribution in [2.75, 3.05) is 6.61 Å². The number of hydrogen-bond acceptors (Lipinski definition) is 3. The molecule has 0 atom stereocenters. The molecule has 0 unspecified atom stereocenters. The molecule has 0 spiro atoms. The van der Waals surface area contributed by atoms with Crippen molar-refractivity contribution in [2.45, 2.75) is 19.8 Å².